The van der Waals surface area contributed by atoms with E-state index in [4.69, 9.17) is 19.9 Å². The molecule has 0 amide bonds. The van der Waals surface area contributed by atoms with Crippen LogP contribution in [0.3, 0.4) is 0 Å². The van der Waals surface area contributed by atoms with Crippen molar-refractivity contribution >= 4 is 0 Å². The lowest BCUT2D eigenvalue weighted by Gasteiger charge is -2.25. The van der Waals surface area contributed by atoms with Gasteiger partial charge in [-0.15, -0.1) is 0 Å². The van der Waals surface area contributed by atoms with Gasteiger partial charge >= 0.3 is 0 Å². The lowest BCUT2D eigenvalue weighted by atomic mass is 9.80. The minimum atomic E-state index is -0.671. The Kier molecular flexibility index (Phi) is 4.77. The molecule has 1 aromatic heterocycles. The van der Waals surface area contributed by atoms with Crippen molar-refractivity contribution in [1.82, 2.24) is 10.2 Å². The van der Waals surface area contributed by atoms with Gasteiger partial charge < -0.3 is 19.9 Å². The van der Waals surface area contributed by atoms with Gasteiger partial charge in [-0.05, 0) is 30.7 Å². The molecule has 2 unspecified atom stereocenters. The highest BCUT2D eigenvalue weighted by atomic mass is 19.1. The third-order valence-corrected chi connectivity index (χ3v) is 5.67. The zero-order valence-electron chi connectivity index (χ0n) is 15.4. The second-order valence-corrected chi connectivity index (χ2v) is 7.14. The number of fused-ring (bicyclic) bond motifs is 1. The molecule has 3 N–H and O–H groups in total. The molecule has 27 heavy (non-hydrogen) atoms. The number of nitrogens with one attached hydrogen (secondary N) is 1. The Morgan fingerprint density at radius 3 is 2.48 bits per heavy atom. The Morgan fingerprint density at radius 2 is 1.89 bits per heavy atom. The number of halogens is 2. The van der Waals surface area contributed by atoms with E-state index in [0.717, 1.165) is 17.0 Å². The van der Waals surface area contributed by atoms with E-state index in [-0.39, 0.29) is 34.9 Å². The minimum Gasteiger partial charge on any atom is -0.494 e. The van der Waals surface area contributed by atoms with Crippen LogP contribution in [0.1, 0.15) is 40.8 Å². The van der Waals surface area contributed by atoms with Gasteiger partial charge in [0, 0.05) is 29.3 Å². The van der Waals surface area contributed by atoms with E-state index in [1.165, 1.54) is 20.3 Å². The van der Waals surface area contributed by atoms with Gasteiger partial charge in [0.25, 0.3) is 0 Å². The molecule has 146 valence electrons. The van der Waals surface area contributed by atoms with Crippen LogP contribution in [0, 0.1) is 11.6 Å². The number of methoxy groups -OCH3 is 2. The lowest BCUT2D eigenvalue weighted by molar-refractivity contribution is 0.190. The van der Waals surface area contributed by atoms with Crippen molar-refractivity contribution in [2.75, 3.05) is 27.4 Å². The molecule has 2 aliphatic rings. The lowest BCUT2D eigenvalue weighted by Crippen LogP contribution is -2.28. The van der Waals surface area contributed by atoms with Crippen molar-refractivity contribution in [1.29, 1.82) is 0 Å². The summed E-state index contributed by atoms with van der Waals surface area (Å²) in [5.41, 5.74) is 9.06. The van der Waals surface area contributed by atoms with Crippen molar-refractivity contribution < 1.29 is 23.0 Å². The molecule has 3 atom stereocenters. The quantitative estimate of drug-likeness (QED) is 0.853. The van der Waals surface area contributed by atoms with Crippen molar-refractivity contribution in [2.45, 2.75) is 37.1 Å². The maximum atomic E-state index is 14.8. The zero-order chi connectivity index (χ0) is 19.1. The molecule has 0 spiro atoms. The topological polar surface area (TPSA) is 82.4 Å². The molecule has 2 aromatic rings. The summed E-state index contributed by atoms with van der Waals surface area (Å²) in [6, 6.07) is 1.16. The predicted octanol–water partition coefficient (Wildman–Crippen LogP) is 2.42. The van der Waals surface area contributed by atoms with Crippen LogP contribution in [-0.4, -0.2) is 43.7 Å². The highest BCUT2D eigenvalue weighted by molar-refractivity contribution is 5.45. The normalized spacial score (nSPS) is 24.7. The maximum Gasteiger partial charge on any atom is 0.171 e. The molecule has 0 radical (unpaired) electrons. The van der Waals surface area contributed by atoms with Gasteiger partial charge in [-0.3, -0.25) is 5.10 Å². The first-order chi connectivity index (χ1) is 13.0. The number of nitrogens with zero attached hydrogens (tertiary/aromatic N) is 1. The number of aromatic amines is 1. The summed E-state index contributed by atoms with van der Waals surface area (Å²) in [6.07, 6.45) is 1.75. The molecule has 0 bridgehead atoms. The van der Waals surface area contributed by atoms with Crippen molar-refractivity contribution in [2.24, 2.45) is 5.73 Å². The van der Waals surface area contributed by atoms with E-state index in [1.54, 1.807) is 0 Å². The van der Waals surface area contributed by atoms with E-state index in [9.17, 15) is 8.78 Å². The fourth-order valence-electron chi connectivity index (χ4n) is 4.20. The van der Waals surface area contributed by atoms with E-state index in [1.807, 2.05) is 0 Å². The fourth-order valence-corrected chi connectivity index (χ4v) is 4.20. The Balaban J connectivity index is 1.67. The summed E-state index contributed by atoms with van der Waals surface area (Å²) in [7, 11) is 2.71. The largest absolute Gasteiger partial charge is 0.494 e. The van der Waals surface area contributed by atoms with Crippen LogP contribution in [0.4, 0.5) is 8.78 Å². The molecule has 1 aliphatic carbocycles. The second-order valence-electron chi connectivity index (χ2n) is 7.14. The zero-order valence-corrected chi connectivity index (χ0v) is 15.4. The summed E-state index contributed by atoms with van der Waals surface area (Å²) in [4.78, 5) is 0. The van der Waals surface area contributed by atoms with Gasteiger partial charge in [0.2, 0.25) is 0 Å². The number of hydrogen-bond acceptors (Lipinski definition) is 5. The van der Waals surface area contributed by atoms with Crippen LogP contribution in [0.5, 0.6) is 11.5 Å². The average molecular weight is 379 g/mol. The molecule has 6 nitrogen and oxygen atoms in total. The van der Waals surface area contributed by atoms with E-state index in [0.29, 0.717) is 32.5 Å². The third kappa shape index (κ3) is 2.96. The molecule has 8 heteroatoms. The van der Waals surface area contributed by atoms with Gasteiger partial charge in [-0.1, -0.05) is 0 Å². The summed E-state index contributed by atoms with van der Waals surface area (Å²) in [6.45, 7) is 1.08. The van der Waals surface area contributed by atoms with Crippen LogP contribution in [0.2, 0.25) is 0 Å². The number of nitrogens with two attached hydrogens (primary N) is 1. The van der Waals surface area contributed by atoms with Crippen LogP contribution in [0.15, 0.2) is 6.07 Å². The minimum absolute atomic E-state index is 0.00824. The first-order valence-corrected chi connectivity index (χ1v) is 9.04. The van der Waals surface area contributed by atoms with Crippen LogP contribution >= 0.6 is 0 Å². The third-order valence-electron chi connectivity index (χ3n) is 5.67. The van der Waals surface area contributed by atoms with Crippen molar-refractivity contribution in [3.63, 3.8) is 0 Å². The Bertz CT molecular complexity index is 827. The summed E-state index contributed by atoms with van der Waals surface area (Å²) in [5.74, 6) is -1.65. The maximum absolute atomic E-state index is 14.8. The number of H-pyrrole nitrogens is 1. The van der Waals surface area contributed by atoms with Gasteiger partial charge in [0.15, 0.2) is 23.1 Å². The Hall–Kier alpha value is -2.19. The molecule has 1 aromatic carbocycles. The average Bonchev–Trinajstić information content (AvgIpc) is 3.27. The standard InChI is InChI=1S/C19H23F2N3O3/c1-25-14-6-15(26-2)18(21)16(17(14)20)9-3-4-10-13(5-9)23-24-19(10)11-7-27-8-12(11)22/h6,9,11-12H,3-5,7-8,22H2,1-2H3,(H,23,24)/t9-,11?,12?/m0/s1. The van der Waals surface area contributed by atoms with Crippen LogP contribution in [0.25, 0.3) is 0 Å². The van der Waals surface area contributed by atoms with Gasteiger partial charge in [-0.2, -0.15) is 5.10 Å². The highest BCUT2D eigenvalue weighted by Crippen LogP contribution is 2.42. The first-order valence-electron chi connectivity index (χ1n) is 9.04. The molecule has 1 aliphatic heterocycles. The first kappa shape index (κ1) is 18.2. The van der Waals surface area contributed by atoms with Gasteiger partial charge in [0.1, 0.15) is 0 Å². The number of hydrogen-bond donors (Lipinski definition) is 2. The van der Waals surface area contributed by atoms with Crippen molar-refractivity contribution in [3.8, 4) is 11.5 Å². The monoisotopic (exact) mass is 379 g/mol. The van der Waals surface area contributed by atoms with E-state index >= 15 is 0 Å². The van der Waals surface area contributed by atoms with Crippen molar-refractivity contribution in [3.05, 3.63) is 40.2 Å². The van der Waals surface area contributed by atoms with Gasteiger partial charge in [0.05, 0.1) is 33.1 Å². The summed E-state index contributed by atoms with van der Waals surface area (Å²) < 4.78 is 45.2. The number of rotatable bonds is 4. The molecule has 2 heterocycles. The van der Waals surface area contributed by atoms with Crippen LogP contribution in [-0.2, 0) is 17.6 Å². The van der Waals surface area contributed by atoms with E-state index < -0.39 is 11.6 Å². The number of ether oxygens (including phenoxy) is 3. The predicted molar refractivity (Wildman–Crippen MR) is 94.4 cm³/mol. The highest BCUT2D eigenvalue weighted by Gasteiger charge is 2.35. The Morgan fingerprint density at radius 1 is 1.19 bits per heavy atom. The fraction of sp³-hybridized carbons (Fsp3) is 0.526. The second kappa shape index (κ2) is 7.09. The molecule has 1 saturated heterocycles. The smallest absolute Gasteiger partial charge is 0.171 e. The SMILES string of the molecule is COc1cc(OC)c(F)c([C@H]2CCc3c(C4COCC4N)n[nH]c3C2)c1F. The van der Waals surface area contributed by atoms with Gasteiger partial charge in [-0.25, -0.2) is 8.78 Å². The summed E-state index contributed by atoms with van der Waals surface area (Å²) in [5, 5.41) is 7.50. The molecule has 0 saturated carbocycles. The molecule has 1 fully saturated rings. The number of aromatic nitrogens is 2. The van der Waals surface area contributed by atoms with Crippen LogP contribution < -0.4 is 15.2 Å². The van der Waals surface area contributed by atoms with E-state index in [2.05, 4.69) is 10.2 Å². The Labute approximate surface area is 156 Å². The molecular weight excluding hydrogens is 356 g/mol. The number of benzene rings is 1. The summed E-state index contributed by atoms with van der Waals surface area (Å²) >= 11 is 0. The molecule has 4 rings (SSSR count). The molecular formula is C19H23F2N3O3.